The topological polar surface area (TPSA) is 44.9 Å². The molecule has 1 N–H and O–H groups in total. The predicted octanol–water partition coefficient (Wildman–Crippen LogP) is 15.1. The molecule has 11 rings (SSSR count). The van der Waals surface area contributed by atoms with Crippen LogP contribution < -0.4 is 10.2 Å². The summed E-state index contributed by atoms with van der Waals surface area (Å²) in [5, 5.41) is 9.05. The van der Waals surface area contributed by atoms with E-state index in [1.54, 1.807) is 0 Å². The average Bonchev–Trinajstić information content (AvgIpc) is 3.98. The van der Waals surface area contributed by atoms with Crippen LogP contribution in [0.15, 0.2) is 210 Å². The summed E-state index contributed by atoms with van der Waals surface area (Å²) >= 11 is 4.69. The van der Waals surface area contributed by atoms with E-state index in [2.05, 4.69) is 235 Å². The van der Waals surface area contributed by atoms with E-state index in [1.165, 1.54) is 53.5 Å². The molecule has 6 aromatic carbocycles. The maximum atomic E-state index is 5.71. The average molecular weight is 976 g/mol. The highest BCUT2D eigenvalue weighted by Gasteiger charge is 2.50. The third-order valence-electron chi connectivity index (χ3n) is 13.6. The highest BCUT2D eigenvalue weighted by molar-refractivity contribution is 14.1. The van der Waals surface area contributed by atoms with Crippen molar-refractivity contribution in [2.24, 2.45) is 15.9 Å². The molecule has 5 atom stereocenters. The standard InChI is InChI=1S/C58H50IN5S/c1-5-7-8-12-32-53-60-56(39-22-10-9-11-23-39)62-57(61-53)54-55(64-48-29-18-14-25-43(48)44-26-15-19-30-49(44)64)50(63-38(4)41(21-6-2)42-24-13-17-28-47(42)63)35-37(3)58(54,59)40-33-34-52-46(36-40)45-27-16-20-31-51(45)65-52/h5-11,13-31,33-38,41,53H,1,12,32H2,2-4H3,(H,60,61,62)/b8-7-,21-6-/t37-,38?,41?,53?,58-/m1/s1. The number of para-hydroxylation sites is 3. The lowest BCUT2D eigenvalue weighted by molar-refractivity contribution is 0.557. The summed E-state index contributed by atoms with van der Waals surface area (Å²) in [6.45, 7) is 10.9. The molecule has 3 aliphatic rings. The van der Waals surface area contributed by atoms with Crippen molar-refractivity contribution in [2.45, 2.75) is 55.2 Å². The molecule has 7 heteroatoms. The van der Waals surface area contributed by atoms with Gasteiger partial charge in [-0.25, -0.2) is 9.98 Å². The second-order valence-electron chi connectivity index (χ2n) is 17.4. The third-order valence-corrected chi connectivity index (χ3v) is 16.9. The fraction of sp³-hybridized carbons (Fsp3) is 0.172. The van der Waals surface area contributed by atoms with Gasteiger partial charge in [0.1, 0.15) is 12.0 Å². The lowest BCUT2D eigenvalue weighted by atomic mass is 9.74. The van der Waals surface area contributed by atoms with Gasteiger partial charge < -0.3 is 14.8 Å². The Labute approximate surface area is 398 Å². The number of benzene rings is 6. The van der Waals surface area contributed by atoms with Crippen LogP contribution in [0.1, 0.15) is 56.2 Å². The van der Waals surface area contributed by atoms with E-state index in [9.17, 15) is 0 Å². The van der Waals surface area contributed by atoms with Crippen molar-refractivity contribution < 1.29 is 0 Å². The smallest absolute Gasteiger partial charge is 0.159 e. The van der Waals surface area contributed by atoms with Crippen LogP contribution in [0.3, 0.4) is 0 Å². The quantitative estimate of drug-likeness (QED) is 0.0642. The number of fused-ring (bicyclic) bond motifs is 7. The van der Waals surface area contributed by atoms with Crippen LogP contribution in [0.2, 0.25) is 0 Å². The van der Waals surface area contributed by atoms with Crippen molar-refractivity contribution in [3.05, 3.63) is 217 Å². The highest BCUT2D eigenvalue weighted by Crippen LogP contribution is 2.57. The SMILES string of the molecule is C=C/C=C\CCC1N=C(c2ccccc2)N=C(C2=C(n3c4ccccc4c4ccccc43)C(N3c4ccccc4C(/C=C\C)C3C)=C[C@@H](C)[C@@]2(I)c2ccc3sc4ccccc4c3c2)N1. The number of halogens is 1. The van der Waals surface area contributed by atoms with Crippen molar-refractivity contribution in [1.29, 1.82) is 0 Å². The highest BCUT2D eigenvalue weighted by atomic mass is 127. The summed E-state index contributed by atoms with van der Waals surface area (Å²) in [5.74, 6) is 1.82. The summed E-state index contributed by atoms with van der Waals surface area (Å²) in [5.41, 5.74) is 10.6. The van der Waals surface area contributed by atoms with E-state index in [-0.39, 0.29) is 24.0 Å². The van der Waals surface area contributed by atoms with Gasteiger partial charge in [-0.3, -0.25) is 0 Å². The molecule has 2 aliphatic heterocycles. The van der Waals surface area contributed by atoms with E-state index in [0.29, 0.717) is 0 Å². The normalized spacial score (nSPS) is 22.3. The van der Waals surface area contributed by atoms with E-state index in [4.69, 9.17) is 9.98 Å². The van der Waals surface area contributed by atoms with E-state index >= 15 is 0 Å². The van der Waals surface area contributed by atoms with Gasteiger partial charge in [-0.2, -0.15) is 0 Å². The molecular formula is C58H50IN5S. The zero-order valence-corrected chi connectivity index (χ0v) is 39.8. The van der Waals surface area contributed by atoms with Crippen molar-refractivity contribution in [3.63, 3.8) is 0 Å². The summed E-state index contributed by atoms with van der Waals surface area (Å²) in [6, 6.07) is 53.5. The minimum Gasteiger partial charge on any atom is -0.348 e. The minimum atomic E-state index is -0.607. The molecule has 0 spiro atoms. The molecule has 0 saturated heterocycles. The Morgan fingerprint density at radius 2 is 1.46 bits per heavy atom. The molecule has 0 fully saturated rings. The molecule has 0 bridgehead atoms. The van der Waals surface area contributed by atoms with Crippen molar-refractivity contribution >= 4 is 99.0 Å². The molecule has 0 radical (unpaired) electrons. The number of rotatable bonds is 10. The Hall–Kier alpha value is -6.29. The molecule has 3 unspecified atom stereocenters. The molecule has 2 aromatic heterocycles. The fourth-order valence-corrected chi connectivity index (χ4v) is 12.7. The van der Waals surface area contributed by atoms with Gasteiger partial charge in [0.25, 0.3) is 0 Å². The van der Waals surface area contributed by atoms with E-state index < -0.39 is 3.42 Å². The Morgan fingerprint density at radius 3 is 2.22 bits per heavy atom. The maximum Gasteiger partial charge on any atom is 0.159 e. The lowest BCUT2D eigenvalue weighted by Gasteiger charge is -2.45. The summed E-state index contributed by atoms with van der Waals surface area (Å²) in [4.78, 5) is 13.7. The fourth-order valence-electron chi connectivity index (χ4n) is 10.6. The summed E-state index contributed by atoms with van der Waals surface area (Å²) in [7, 11) is 0. The molecule has 8 aromatic rings. The second-order valence-corrected chi connectivity index (χ2v) is 20.1. The first-order valence-electron chi connectivity index (χ1n) is 22.7. The molecule has 0 amide bonds. The van der Waals surface area contributed by atoms with Gasteiger partial charge in [0.15, 0.2) is 5.84 Å². The van der Waals surface area contributed by atoms with Crippen molar-refractivity contribution in [2.75, 3.05) is 4.90 Å². The monoisotopic (exact) mass is 975 g/mol. The van der Waals surface area contributed by atoms with E-state index in [1.807, 2.05) is 23.5 Å². The Balaban J connectivity index is 1.27. The lowest BCUT2D eigenvalue weighted by Crippen LogP contribution is -2.48. The second kappa shape index (κ2) is 16.9. The number of hydrogen-bond acceptors (Lipinski definition) is 5. The van der Waals surface area contributed by atoms with Gasteiger partial charge in [0, 0.05) is 59.7 Å². The molecule has 1 aliphatic carbocycles. The number of nitrogens with zero attached hydrogens (tertiary/aromatic N) is 4. The minimum absolute atomic E-state index is 0.0185. The maximum absolute atomic E-state index is 5.71. The molecular weight excluding hydrogens is 926 g/mol. The number of alkyl halides is 1. The number of allylic oxidation sites excluding steroid dienone is 6. The zero-order chi connectivity index (χ0) is 44.2. The number of anilines is 1. The number of amidine groups is 2. The number of hydrogen-bond donors (Lipinski definition) is 1. The Kier molecular flexibility index (Phi) is 10.8. The van der Waals surface area contributed by atoms with Crippen LogP contribution in [-0.2, 0) is 3.42 Å². The van der Waals surface area contributed by atoms with Crippen LogP contribution in [0.25, 0.3) is 47.7 Å². The van der Waals surface area contributed by atoms with Gasteiger partial charge in [-0.15, -0.1) is 11.3 Å². The first kappa shape index (κ1) is 41.4. The van der Waals surface area contributed by atoms with Crippen molar-refractivity contribution in [1.82, 2.24) is 9.88 Å². The molecule has 5 nitrogen and oxygen atoms in total. The molecule has 320 valence electrons. The summed E-state index contributed by atoms with van der Waals surface area (Å²) < 4.78 is 4.54. The van der Waals surface area contributed by atoms with Gasteiger partial charge in [-0.05, 0) is 80.1 Å². The third kappa shape index (κ3) is 6.85. The Morgan fingerprint density at radius 1 is 0.785 bits per heavy atom. The molecule has 4 heterocycles. The first-order chi connectivity index (χ1) is 31.9. The van der Waals surface area contributed by atoms with Gasteiger partial charge in [0.05, 0.1) is 25.8 Å². The van der Waals surface area contributed by atoms with Gasteiger partial charge in [0.2, 0.25) is 0 Å². The number of aliphatic imine (C=N–C) groups is 2. The number of nitrogens with one attached hydrogen (secondary N) is 1. The number of thiophene rings is 1. The van der Waals surface area contributed by atoms with Crippen LogP contribution in [0.4, 0.5) is 5.69 Å². The van der Waals surface area contributed by atoms with E-state index in [0.717, 1.165) is 52.4 Å². The first-order valence-corrected chi connectivity index (χ1v) is 24.6. The number of aromatic nitrogens is 1. The molecule has 65 heavy (non-hydrogen) atoms. The van der Waals surface area contributed by atoms with Crippen LogP contribution in [0.5, 0.6) is 0 Å². The van der Waals surface area contributed by atoms with Gasteiger partial charge in [-0.1, -0.05) is 182 Å². The molecule has 0 saturated carbocycles. The van der Waals surface area contributed by atoms with Crippen LogP contribution >= 0.6 is 33.9 Å². The Bertz CT molecular complexity index is 3310. The predicted molar refractivity (Wildman–Crippen MR) is 287 cm³/mol. The largest absolute Gasteiger partial charge is 0.348 e. The van der Waals surface area contributed by atoms with Crippen molar-refractivity contribution in [3.8, 4) is 0 Å². The zero-order valence-electron chi connectivity index (χ0n) is 36.8. The summed E-state index contributed by atoms with van der Waals surface area (Å²) in [6.07, 6.45) is 14.6. The van der Waals surface area contributed by atoms with Crippen LogP contribution in [-0.4, -0.2) is 28.4 Å². The van der Waals surface area contributed by atoms with Gasteiger partial charge >= 0.3 is 0 Å². The van der Waals surface area contributed by atoms with Crippen LogP contribution in [0, 0.1) is 5.92 Å².